The number of anilines is 2. The summed E-state index contributed by atoms with van der Waals surface area (Å²) in [5, 5.41) is 13.5. The lowest BCUT2D eigenvalue weighted by Gasteiger charge is -2.27. The number of nitrogens with zero attached hydrogens (tertiary/aromatic N) is 6. The van der Waals surface area contributed by atoms with Gasteiger partial charge in [0.1, 0.15) is 11.6 Å². The van der Waals surface area contributed by atoms with Gasteiger partial charge >= 0.3 is 0 Å². The number of benzene rings is 1. The van der Waals surface area contributed by atoms with E-state index in [4.69, 9.17) is 26.4 Å². The Balaban J connectivity index is 1.60. The highest BCUT2D eigenvalue weighted by atomic mass is 35.5. The number of hydrogen-bond donors (Lipinski definition) is 1. The number of rotatable bonds is 6. The van der Waals surface area contributed by atoms with Crippen LogP contribution in [0.15, 0.2) is 30.3 Å². The molecule has 1 fully saturated rings. The maximum Gasteiger partial charge on any atom is 0.158 e. The number of aromatic nitrogens is 5. The molecule has 1 aliphatic heterocycles. The fraction of sp³-hybridized carbons (Fsp3) is 0.444. The van der Waals surface area contributed by atoms with Crippen LogP contribution in [-0.4, -0.2) is 55.6 Å². The predicted molar refractivity (Wildman–Crippen MR) is 143 cm³/mol. The van der Waals surface area contributed by atoms with Crippen LogP contribution in [0.4, 0.5) is 16.0 Å². The van der Waals surface area contributed by atoms with Crippen molar-refractivity contribution in [2.24, 2.45) is 0 Å². The van der Waals surface area contributed by atoms with E-state index in [2.05, 4.69) is 42.2 Å². The fourth-order valence-electron chi connectivity index (χ4n) is 4.69. The third-order valence-corrected chi connectivity index (χ3v) is 6.78. The SMILES string of the molecule is Cc1cc(Nc2cc(CN3CCOCC3)c3nc(C)c(Cc4ccc(Cl)cc4F)n3n2)n(C(C)(C)C)n1. The molecule has 37 heavy (non-hydrogen) atoms. The highest BCUT2D eigenvalue weighted by molar-refractivity contribution is 6.30. The molecule has 1 saturated heterocycles. The molecular formula is C27H33ClFN7O. The van der Waals surface area contributed by atoms with E-state index in [0.29, 0.717) is 42.6 Å². The van der Waals surface area contributed by atoms with E-state index in [-0.39, 0.29) is 11.4 Å². The summed E-state index contributed by atoms with van der Waals surface area (Å²) in [6.45, 7) is 14.1. The summed E-state index contributed by atoms with van der Waals surface area (Å²) in [5.74, 6) is 1.20. The van der Waals surface area contributed by atoms with Gasteiger partial charge in [-0.25, -0.2) is 18.6 Å². The van der Waals surface area contributed by atoms with Gasteiger partial charge in [0.15, 0.2) is 11.5 Å². The molecule has 0 unspecified atom stereocenters. The number of fused-ring (bicyclic) bond motifs is 1. The maximum atomic E-state index is 14.7. The van der Waals surface area contributed by atoms with Crippen molar-refractivity contribution in [3.63, 3.8) is 0 Å². The molecule has 0 amide bonds. The molecule has 4 aromatic rings. The first-order valence-electron chi connectivity index (χ1n) is 12.5. The highest BCUT2D eigenvalue weighted by Crippen LogP contribution is 2.27. The molecule has 1 N–H and O–H groups in total. The predicted octanol–water partition coefficient (Wildman–Crippen LogP) is 5.26. The molecule has 0 spiro atoms. The first kappa shape index (κ1) is 25.6. The van der Waals surface area contributed by atoms with Crippen molar-refractivity contribution in [1.82, 2.24) is 29.3 Å². The average Bonchev–Trinajstić information content (AvgIpc) is 3.36. The van der Waals surface area contributed by atoms with E-state index < -0.39 is 0 Å². The van der Waals surface area contributed by atoms with Gasteiger partial charge in [-0.1, -0.05) is 17.7 Å². The molecule has 0 radical (unpaired) electrons. The molecule has 1 aliphatic rings. The van der Waals surface area contributed by atoms with E-state index >= 15 is 0 Å². The molecule has 0 aliphatic carbocycles. The summed E-state index contributed by atoms with van der Waals surface area (Å²) >= 11 is 5.98. The summed E-state index contributed by atoms with van der Waals surface area (Å²) in [7, 11) is 0. The number of hydrogen-bond acceptors (Lipinski definition) is 6. The van der Waals surface area contributed by atoms with Crippen LogP contribution in [0.1, 0.15) is 49.0 Å². The Bertz CT molecular complexity index is 1430. The van der Waals surface area contributed by atoms with E-state index in [0.717, 1.165) is 47.2 Å². The average molecular weight is 526 g/mol. The van der Waals surface area contributed by atoms with Gasteiger partial charge < -0.3 is 10.1 Å². The Kier molecular flexibility index (Phi) is 6.95. The second-order valence-electron chi connectivity index (χ2n) is 10.6. The molecule has 8 nitrogen and oxygen atoms in total. The summed E-state index contributed by atoms with van der Waals surface area (Å²) in [6.07, 6.45) is 0.350. The molecule has 4 heterocycles. The third-order valence-electron chi connectivity index (χ3n) is 6.55. The normalized spacial score (nSPS) is 15.0. The van der Waals surface area contributed by atoms with Gasteiger partial charge in [0.25, 0.3) is 0 Å². The van der Waals surface area contributed by atoms with E-state index in [9.17, 15) is 4.39 Å². The summed E-state index contributed by atoms with van der Waals surface area (Å²) < 4.78 is 24.1. The summed E-state index contributed by atoms with van der Waals surface area (Å²) in [4.78, 5) is 7.24. The Labute approximate surface area is 221 Å². The minimum absolute atomic E-state index is 0.208. The lowest BCUT2D eigenvalue weighted by Crippen LogP contribution is -2.35. The number of ether oxygens (including phenoxy) is 1. The number of morpholine rings is 1. The quantitative estimate of drug-likeness (QED) is 0.370. The zero-order chi connectivity index (χ0) is 26.3. The molecule has 3 aromatic heterocycles. The first-order valence-corrected chi connectivity index (χ1v) is 12.9. The van der Waals surface area contributed by atoms with Crippen LogP contribution in [-0.2, 0) is 23.2 Å². The van der Waals surface area contributed by atoms with Crippen LogP contribution < -0.4 is 5.32 Å². The van der Waals surface area contributed by atoms with Crippen molar-refractivity contribution >= 4 is 28.9 Å². The molecule has 196 valence electrons. The van der Waals surface area contributed by atoms with Crippen molar-refractivity contribution in [3.05, 3.63) is 69.4 Å². The highest BCUT2D eigenvalue weighted by Gasteiger charge is 2.22. The van der Waals surface area contributed by atoms with Crippen LogP contribution in [0.5, 0.6) is 0 Å². The van der Waals surface area contributed by atoms with Crippen LogP contribution >= 0.6 is 11.6 Å². The van der Waals surface area contributed by atoms with Gasteiger partial charge in [0.2, 0.25) is 0 Å². The van der Waals surface area contributed by atoms with Crippen molar-refractivity contribution in [2.45, 2.75) is 53.1 Å². The molecule has 10 heteroatoms. The van der Waals surface area contributed by atoms with Gasteiger partial charge in [-0.05, 0) is 58.4 Å². The zero-order valence-corrected chi connectivity index (χ0v) is 22.7. The minimum atomic E-state index is -0.339. The van der Waals surface area contributed by atoms with Gasteiger partial charge in [-0.15, -0.1) is 5.10 Å². The van der Waals surface area contributed by atoms with Crippen molar-refractivity contribution in [1.29, 1.82) is 0 Å². The maximum absolute atomic E-state index is 14.7. The van der Waals surface area contributed by atoms with Crippen LogP contribution in [0.2, 0.25) is 5.02 Å². The van der Waals surface area contributed by atoms with Crippen LogP contribution in [0, 0.1) is 19.7 Å². The molecule has 5 rings (SSSR count). The van der Waals surface area contributed by atoms with Crippen molar-refractivity contribution in [2.75, 3.05) is 31.6 Å². The smallest absolute Gasteiger partial charge is 0.158 e. The summed E-state index contributed by atoms with van der Waals surface area (Å²) in [6, 6.07) is 8.84. The Morgan fingerprint density at radius 3 is 2.51 bits per heavy atom. The molecule has 0 bridgehead atoms. The molecule has 1 aromatic carbocycles. The molecule has 0 atom stereocenters. The second-order valence-corrected chi connectivity index (χ2v) is 11.1. The van der Waals surface area contributed by atoms with Crippen molar-refractivity contribution < 1.29 is 9.13 Å². The Morgan fingerprint density at radius 2 is 1.81 bits per heavy atom. The number of imidazole rings is 1. The topological polar surface area (TPSA) is 72.5 Å². The lowest BCUT2D eigenvalue weighted by atomic mass is 10.1. The Hall–Kier alpha value is -3.01. The first-order chi connectivity index (χ1) is 17.6. The lowest BCUT2D eigenvalue weighted by molar-refractivity contribution is 0.0343. The van der Waals surface area contributed by atoms with E-state index in [1.54, 1.807) is 12.1 Å². The molecular weight excluding hydrogens is 493 g/mol. The van der Waals surface area contributed by atoms with Crippen LogP contribution in [0.25, 0.3) is 5.65 Å². The van der Waals surface area contributed by atoms with Gasteiger partial charge in [-0.3, -0.25) is 4.90 Å². The largest absolute Gasteiger partial charge is 0.379 e. The van der Waals surface area contributed by atoms with Crippen molar-refractivity contribution in [3.8, 4) is 0 Å². The fourth-order valence-corrected chi connectivity index (χ4v) is 4.85. The summed E-state index contributed by atoms with van der Waals surface area (Å²) in [5.41, 5.74) is 4.74. The standard InChI is InChI=1S/C27H33ClFN7O/c1-17-12-25(36(32-17)27(3,4)5)31-24-14-20(16-34-8-10-37-11-9-34)26-30-18(2)23(35(26)33-24)13-19-6-7-21(28)15-22(19)29/h6-7,12,14-15H,8-11,13,16H2,1-5H3,(H,31,33). The van der Waals surface area contributed by atoms with E-state index in [1.165, 1.54) is 6.07 Å². The minimum Gasteiger partial charge on any atom is -0.379 e. The number of aryl methyl sites for hydroxylation is 2. The number of nitrogens with one attached hydrogen (secondary N) is 1. The van der Waals surface area contributed by atoms with E-state index in [1.807, 2.05) is 29.1 Å². The van der Waals surface area contributed by atoms with Gasteiger partial charge in [-0.2, -0.15) is 5.10 Å². The van der Waals surface area contributed by atoms with Crippen LogP contribution in [0.3, 0.4) is 0 Å². The van der Waals surface area contributed by atoms with Gasteiger partial charge in [0, 0.05) is 42.7 Å². The van der Waals surface area contributed by atoms with Gasteiger partial charge in [0.05, 0.1) is 35.8 Å². The number of halogens is 2. The Morgan fingerprint density at radius 1 is 1.05 bits per heavy atom. The third kappa shape index (κ3) is 5.49. The monoisotopic (exact) mass is 525 g/mol. The second kappa shape index (κ2) is 10.0. The zero-order valence-electron chi connectivity index (χ0n) is 22.0. The molecule has 0 saturated carbocycles.